The van der Waals surface area contributed by atoms with Gasteiger partial charge in [-0.05, 0) is 42.3 Å². The van der Waals surface area contributed by atoms with Crippen molar-refractivity contribution in [3.63, 3.8) is 0 Å². The number of benzene rings is 3. The topological polar surface area (TPSA) is 29.1 Å². The zero-order valence-electron chi connectivity index (χ0n) is 13.9. The fourth-order valence-corrected chi connectivity index (χ4v) is 2.88. The van der Waals surface area contributed by atoms with Crippen LogP contribution in [0.3, 0.4) is 0 Å². The number of amides is 1. The van der Waals surface area contributed by atoms with E-state index in [1.165, 1.54) is 0 Å². The Balaban J connectivity index is 1.98. The van der Waals surface area contributed by atoms with Gasteiger partial charge < -0.3 is 5.32 Å². The number of aryl methyl sites for hydroxylation is 1. The van der Waals surface area contributed by atoms with E-state index in [9.17, 15) is 4.79 Å². The molecule has 3 rings (SSSR count). The third-order valence-electron chi connectivity index (χ3n) is 3.84. The van der Waals surface area contributed by atoms with Gasteiger partial charge >= 0.3 is 0 Å². The minimum absolute atomic E-state index is 0.134. The molecule has 0 spiro atoms. The van der Waals surface area contributed by atoms with E-state index in [4.69, 9.17) is 0 Å². The van der Waals surface area contributed by atoms with Crippen LogP contribution in [-0.2, 0) is 4.79 Å². The zero-order chi connectivity index (χ0) is 17.6. The van der Waals surface area contributed by atoms with Gasteiger partial charge in [-0.3, -0.25) is 4.79 Å². The van der Waals surface area contributed by atoms with Crippen molar-refractivity contribution >= 4 is 39.2 Å². The van der Waals surface area contributed by atoms with Gasteiger partial charge in [-0.25, -0.2) is 0 Å². The number of nitrogens with one attached hydrogen (secondary N) is 1. The molecule has 25 heavy (non-hydrogen) atoms. The van der Waals surface area contributed by atoms with Gasteiger partial charge in [-0.2, -0.15) is 0 Å². The van der Waals surface area contributed by atoms with E-state index in [0.29, 0.717) is 5.57 Å². The Morgan fingerprint density at radius 3 is 2.20 bits per heavy atom. The minimum atomic E-state index is -0.134. The lowest BCUT2D eigenvalue weighted by Gasteiger charge is -2.11. The van der Waals surface area contributed by atoms with E-state index in [-0.39, 0.29) is 5.91 Å². The van der Waals surface area contributed by atoms with E-state index >= 15 is 0 Å². The Morgan fingerprint density at radius 1 is 0.880 bits per heavy atom. The number of hydrogen-bond donors (Lipinski definition) is 1. The quantitative estimate of drug-likeness (QED) is 0.432. The van der Waals surface area contributed by atoms with Crippen molar-refractivity contribution in [2.75, 3.05) is 5.32 Å². The van der Waals surface area contributed by atoms with E-state index in [2.05, 4.69) is 21.2 Å². The van der Waals surface area contributed by atoms with Crippen molar-refractivity contribution in [3.05, 3.63) is 100 Å². The highest BCUT2D eigenvalue weighted by molar-refractivity contribution is 9.10. The summed E-state index contributed by atoms with van der Waals surface area (Å²) >= 11 is 3.54. The molecule has 0 aliphatic heterocycles. The summed E-state index contributed by atoms with van der Waals surface area (Å²) in [4.78, 5) is 12.9. The summed E-state index contributed by atoms with van der Waals surface area (Å²) < 4.78 is 0.951. The molecule has 0 atom stereocenters. The number of anilines is 1. The minimum Gasteiger partial charge on any atom is -0.322 e. The molecule has 0 bridgehead atoms. The van der Waals surface area contributed by atoms with Gasteiger partial charge in [0.15, 0.2) is 0 Å². The molecule has 0 aliphatic rings. The predicted molar refractivity (Wildman–Crippen MR) is 108 cm³/mol. The molecule has 2 nitrogen and oxygen atoms in total. The normalized spacial score (nSPS) is 11.2. The molecule has 1 amide bonds. The number of halogens is 1. The Morgan fingerprint density at radius 2 is 1.52 bits per heavy atom. The summed E-state index contributed by atoms with van der Waals surface area (Å²) in [5.41, 5.74) is 4.39. The third kappa shape index (κ3) is 4.46. The van der Waals surface area contributed by atoms with Crippen LogP contribution in [0.4, 0.5) is 5.69 Å². The Bertz CT molecular complexity index is 899. The van der Waals surface area contributed by atoms with Crippen LogP contribution in [0, 0.1) is 6.92 Å². The van der Waals surface area contributed by atoms with Crippen LogP contribution in [0.25, 0.3) is 11.6 Å². The second kappa shape index (κ2) is 7.95. The Labute approximate surface area is 156 Å². The van der Waals surface area contributed by atoms with Crippen molar-refractivity contribution in [2.45, 2.75) is 6.92 Å². The summed E-state index contributed by atoms with van der Waals surface area (Å²) in [7, 11) is 0. The molecule has 0 radical (unpaired) electrons. The lowest BCUT2D eigenvalue weighted by Crippen LogP contribution is -2.13. The van der Waals surface area contributed by atoms with Crippen LogP contribution < -0.4 is 5.32 Å². The first-order valence-corrected chi connectivity index (χ1v) is 8.82. The largest absolute Gasteiger partial charge is 0.322 e. The summed E-state index contributed by atoms with van der Waals surface area (Å²) in [5, 5.41) is 2.98. The van der Waals surface area contributed by atoms with Crippen molar-refractivity contribution in [3.8, 4) is 0 Å². The molecule has 3 aromatic carbocycles. The van der Waals surface area contributed by atoms with E-state index in [0.717, 1.165) is 26.9 Å². The van der Waals surface area contributed by atoms with Gasteiger partial charge in [0.25, 0.3) is 5.91 Å². The van der Waals surface area contributed by atoms with Gasteiger partial charge in [0.1, 0.15) is 0 Å². The number of carbonyl (C=O) groups is 1. The first-order valence-electron chi connectivity index (χ1n) is 8.03. The molecule has 0 unspecified atom stereocenters. The number of rotatable bonds is 4. The molecule has 0 aromatic heterocycles. The van der Waals surface area contributed by atoms with Crippen molar-refractivity contribution in [2.24, 2.45) is 0 Å². The second-order valence-electron chi connectivity index (χ2n) is 5.77. The van der Waals surface area contributed by atoms with E-state index in [1.54, 1.807) is 0 Å². The molecule has 124 valence electrons. The summed E-state index contributed by atoms with van der Waals surface area (Å²) in [6.45, 7) is 2.02. The van der Waals surface area contributed by atoms with Crippen LogP contribution in [0.2, 0.25) is 0 Å². The standard InChI is InChI=1S/C22H18BrNO/c1-16-11-13-19(14-12-16)24-22(25)20(17-7-3-2-4-8-17)15-18-9-5-6-10-21(18)23/h2-15H,1H3,(H,24,25)/b20-15+. The van der Waals surface area contributed by atoms with Crippen LogP contribution in [0.1, 0.15) is 16.7 Å². The molecule has 0 saturated carbocycles. The molecular weight excluding hydrogens is 374 g/mol. The fraction of sp³-hybridized carbons (Fsp3) is 0.0455. The third-order valence-corrected chi connectivity index (χ3v) is 4.57. The molecular formula is C22H18BrNO. The summed E-state index contributed by atoms with van der Waals surface area (Å²) in [6, 6.07) is 25.3. The van der Waals surface area contributed by atoms with Crippen molar-refractivity contribution in [1.82, 2.24) is 0 Å². The molecule has 1 N–H and O–H groups in total. The van der Waals surface area contributed by atoms with Gasteiger partial charge in [0, 0.05) is 15.7 Å². The number of hydrogen-bond acceptors (Lipinski definition) is 1. The molecule has 3 aromatic rings. The van der Waals surface area contributed by atoms with Gasteiger partial charge in [0.2, 0.25) is 0 Å². The molecule has 0 saturated heterocycles. The first-order chi connectivity index (χ1) is 12.1. The van der Waals surface area contributed by atoms with Gasteiger partial charge in [-0.15, -0.1) is 0 Å². The summed E-state index contributed by atoms with van der Waals surface area (Å²) in [6.07, 6.45) is 1.91. The van der Waals surface area contributed by atoms with Crippen molar-refractivity contribution in [1.29, 1.82) is 0 Å². The molecule has 0 aliphatic carbocycles. The maximum Gasteiger partial charge on any atom is 0.256 e. The number of carbonyl (C=O) groups excluding carboxylic acids is 1. The predicted octanol–water partition coefficient (Wildman–Crippen LogP) is 5.94. The lowest BCUT2D eigenvalue weighted by molar-refractivity contribution is -0.111. The van der Waals surface area contributed by atoms with Crippen molar-refractivity contribution < 1.29 is 4.79 Å². The Hall–Kier alpha value is -2.65. The van der Waals surface area contributed by atoms with Gasteiger partial charge in [0.05, 0.1) is 0 Å². The van der Waals surface area contributed by atoms with Gasteiger partial charge in [-0.1, -0.05) is 82.2 Å². The lowest BCUT2D eigenvalue weighted by atomic mass is 10.0. The fourth-order valence-electron chi connectivity index (χ4n) is 2.48. The van der Waals surface area contributed by atoms with Crippen LogP contribution >= 0.6 is 15.9 Å². The molecule has 0 heterocycles. The highest BCUT2D eigenvalue weighted by Gasteiger charge is 2.13. The average Bonchev–Trinajstić information content (AvgIpc) is 2.63. The highest BCUT2D eigenvalue weighted by Crippen LogP contribution is 2.24. The maximum absolute atomic E-state index is 12.9. The zero-order valence-corrected chi connectivity index (χ0v) is 15.5. The SMILES string of the molecule is Cc1ccc(NC(=O)/C(=C/c2ccccc2Br)c2ccccc2)cc1. The smallest absolute Gasteiger partial charge is 0.256 e. The summed E-state index contributed by atoms with van der Waals surface area (Å²) in [5.74, 6) is -0.134. The maximum atomic E-state index is 12.9. The average molecular weight is 392 g/mol. The molecule has 3 heteroatoms. The van der Waals surface area contributed by atoms with E-state index in [1.807, 2.05) is 91.9 Å². The monoisotopic (exact) mass is 391 g/mol. The highest BCUT2D eigenvalue weighted by atomic mass is 79.9. The van der Waals surface area contributed by atoms with E-state index < -0.39 is 0 Å². The molecule has 0 fully saturated rings. The van der Waals surface area contributed by atoms with Crippen LogP contribution in [0.15, 0.2) is 83.3 Å². The second-order valence-corrected chi connectivity index (χ2v) is 6.62. The van der Waals surface area contributed by atoms with Crippen LogP contribution in [0.5, 0.6) is 0 Å². The van der Waals surface area contributed by atoms with Crippen LogP contribution in [-0.4, -0.2) is 5.91 Å². The Kier molecular flexibility index (Phi) is 5.46. The first kappa shape index (κ1) is 17.2.